The van der Waals surface area contributed by atoms with Gasteiger partial charge in [0.15, 0.2) is 22.7 Å². The van der Waals surface area contributed by atoms with Crippen LogP contribution in [-0.4, -0.2) is 196 Å². The number of nitrogens with zero attached hydrogens (tertiary/aromatic N) is 6. The van der Waals surface area contributed by atoms with Crippen molar-refractivity contribution >= 4 is 166 Å². The lowest BCUT2D eigenvalue weighted by Gasteiger charge is -2.24. The van der Waals surface area contributed by atoms with E-state index in [1.807, 2.05) is 49.1 Å². The van der Waals surface area contributed by atoms with Crippen molar-refractivity contribution in [2.45, 2.75) is 154 Å². The van der Waals surface area contributed by atoms with Gasteiger partial charge in [-0.3, -0.25) is 68.3 Å². The number of alkyl halides is 2. The molecule has 0 saturated carbocycles. The van der Waals surface area contributed by atoms with Crippen LogP contribution in [0.15, 0.2) is 77.7 Å². The molecule has 0 radical (unpaired) electrons. The first-order chi connectivity index (χ1) is 56.4. The lowest BCUT2D eigenvalue weighted by atomic mass is 9.83. The number of halogens is 2. The van der Waals surface area contributed by atoms with Crippen molar-refractivity contribution < 1.29 is 77.2 Å². The van der Waals surface area contributed by atoms with Crippen LogP contribution in [-0.2, 0) is 60.8 Å². The molecule has 7 aromatic rings. The van der Waals surface area contributed by atoms with E-state index in [1.165, 1.54) is 32.4 Å². The van der Waals surface area contributed by atoms with E-state index in [2.05, 4.69) is 81.2 Å². The zero-order valence-corrected chi connectivity index (χ0v) is 69.1. The third kappa shape index (κ3) is 21.6. The minimum absolute atomic E-state index is 0.0105. The Kier molecular flexibility index (Phi) is 30.6. The van der Waals surface area contributed by atoms with Crippen LogP contribution in [0.4, 0.5) is 22.1 Å². The maximum atomic E-state index is 14.8. The highest BCUT2D eigenvalue weighted by Gasteiger charge is 2.46. The maximum Gasteiger partial charge on any atom is 0.426 e. The number of fused-ring (bicyclic) bond motifs is 9. The minimum atomic E-state index is -1.57. The number of aromatic nitrogens is 8. The van der Waals surface area contributed by atoms with E-state index in [9.17, 15) is 72.5 Å². The predicted octanol–water partition coefficient (Wildman–Crippen LogP) is 8.26. The van der Waals surface area contributed by atoms with Crippen molar-refractivity contribution in [3.8, 4) is 0 Å². The molecule has 2 unspecified atom stereocenters. The van der Waals surface area contributed by atoms with Gasteiger partial charge in [0.2, 0.25) is 23.7 Å². The molecule has 626 valence electrons. The highest BCUT2D eigenvalue weighted by atomic mass is 35.5. The van der Waals surface area contributed by atoms with Gasteiger partial charge in [-0.15, -0.1) is 23.2 Å². The summed E-state index contributed by atoms with van der Waals surface area (Å²) < 4.78 is 10.6. The van der Waals surface area contributed by atoms with Crippen LogP contribution in [0.2, 0.25) is 0 Å². The third-order valence-corrected chi connectivity index (χ3v) is 23.6. The van der Waals surface area contributed by atoms with E-state index >= 15 is 0 Å². The molecule has 1 aliphatic carbocycles. The molecule has 10 rings (SSSR count). The van der Waals surface area contributed by atoms with Gasteiger partial charge in [-0.25, -0.2) is 29.8 Å². The number of carbonyl (C=O) groups excluding carboxylic acids is 10. The van der Waals surface area contributed by atoms with Crippen LogP contribution in [0, 0.1) is 19.8 Å². The number of carboxylic acids is 2. The van der Waals surface area contributed by atoms with E-state index in [-0.39, 0.29) is 90.8 Å². The second kappa shape index (κ2) is 40.6. The number of hydrogen-bond donors (Lipinski definition) is 13. The number of nitrogens with two attached hydrogens (primary N) is 1. The van der Waals surface area contributed by atoms with Crippen LogP contribution in [0.3, 0.4) is 0 Å². The Labute approximate surface area is 694 Å². The van der Waals surface area contributed by atoms with Crippen molar-refractivity contribution in [3.05, 3.63) is 151 Å². The number of esters is 1. The summed E-state index contributed by atoms with van der Waals surface area (Å²) >= 11 is 12.2. The number of hydrogen-bond acceptors (Lipinski definition) is 25. The first-order valence-electron chi connectivity index (χ1n) is 38.3. The predicted molar refractivity (Wildman–Crippen MR) is 445 cm³/mol. The standard InChI is InChI=1S/C80H93Cl2N17O17S2/c1-9-50-38(3)53-34-58-63(42(7)100)40(5)55(89-58)32-54-39(4)51(67(91-54)65-66(78(113)115-8)70(104)64-41(6)56(92-68(64)65)33-57(50)88-53)20-22-61(102)90-59(29-43-11-17-48(18-12-43)99(25-23-81)26-24-82)74(107)97-98-80(114)116-27-28-117-118-37-60(77(111)112)94-73(106)45(31-62(103)84-10-2)30-49(101)19-21-52(76(109)110)93-72(105)44-13-15-46(16-14-44)85-35-47-36-86-71-69(87-47)75(108)96-79(83)95-71/h11-18,32-34,36,38-39,45,50-52,59-60,66,85,89,92H,9-10,19-31,35,37H2,1-8H3,(H,84,103)(H,90,102)(H,93,105)(H,94,106)(H,97,107)(H,98,114)(H,109,110)(H,111,112)(H3,83,86,95,96,108)/t38-,39+,45+,50-,51+,52+,59?,60+,66?/m1/s1. The van der Waals surface area contributed by atoms with Crippen molar-refractivity contribution in [1.82, 2.24) is 72.0 Å². The number of nitrogens with one attached hydrogen (secondary N) is 10. The summed E-state index contributed by atoms with van der Waals surface area (Å²) in [5.74, 6) is -12.4. The van der Waals surface area contributed by atoms with Gasteiger partial charge in [-0.05, 0) is 118 Å². The highest BCUT2D eigenvalue weighted by Crippen LogP contribution is 2.49. The van der Waals surface area contributed by atoms with E-state index in [0.717, 1.165) is 45.1 Å². The van der Waals surface area contributed by atoms with Gasteiger partial charge in [0.05, 0.1) is 48.2 Å². The number of anilines is 3. The molecule has 5 aromatic heterocycles. The normalized spacial score (nSPS) is 16.3. The number of carbonyl (C=O) groups is 12. The summed E-state index contributed by atoms with van der Waals surface area (Å²) in [5, 5.41) is 33.5. The average molecular weight is 1700 g/mol. The lowest BCUT2D eigenvalue weighted by molar-refractivity contribution is -0.142. The molecule has 14 N–H and O–H groups in total. The number of rotatable bonds is 38. The molecule has 0 saturated heterocycles. The SMILES string of the molecule is CCNC(=O)C[C@H](CC(=O)CC[C@H](NC(=O)c1ccc(NCc2cnc3nc(N)[nH]c(=O)c3n2)cc1)C(=O)O)C(=O)N[C@@H](CSSCCOC(=O)NNC(=O)C(Cc1ccc(N(CCCl)CCCl)cc1)NC(=O)CC[C@@H]1c2nc(cc3[nH]c(cc4nc(cc5[nH]c6c(c5C)C(=O)C(C(=O)OC)c26)[C@H](CC)[C@H]4C)c(C(C)=O)c3C)[C@H]1C)C(=O)O. The Balaban J connectivity index is 0.756. The topological polar surface area (TPSA) is 506 Å². The molecular formula is C80H93Cl2N17O17S2. The van der Waals surface area contributed by atoms with Crippen LogP contribution < -0.4 is 53.6 Å². The van der Waals surface area contributed by atoms with Crippen LogP contribution in [0.25, 0.3) is 33.2 Å². The van der Waals surface area contributed by atoms with Crippen LogP contribution >= 0.6 is 44.8 Å². The van der Waals surface area contributed by atoms with Gasteiger partial charge >= 0.3 is 24.0 Å². The quantitative estimate of drug-likeness (QED) is 0.00329. The number of nitrogen functional groups attached to an aromatic ring is 1. The second-order valence-electron chi connectivity index (χ2n) is 28.7. The Morgan fingerprint density at radius 2 is 1.40 bits per heavy atom. The first-order valence-corrected chi connectivity index (χ1v) is 41.8. The van der Waals surface area contributed by atoms with Crippen molar-refractivity contribution in [3.63, 3.8) is 0 Å². The molecule has 118 heavy (non-hydrogen) atoms. The molecule has 34 nitrogen and oxygen atoms in total. The Bertz CT molecular complexity index is 5250. The number of hydrazine groups is 1. The molecule has 2 aliphatic heterocycles. The number of benzene rings is 2. The van der Waals surface area contributed by atoms with E-state index in [0.29, 0.717) is 103 Å². The van der Waals surface area contributed by atoms with Crippen molar-refractivity contribution in [2.24, 2.45) is 5.92 Å². The molecule has 6 amide bonds. The fourth-order valence-corrected chi connectivity index (χ4v) is 17.1. The van der Waals surface area contributed by atoms with E-state index in [4.69, 9.17) is 48.4 Å². The number of methoxy groups -OCH3 is 1. The highest BCUT2D eigenvalue weighted by molar-refractivity contribution is 8.76. The molecule has 3 aliphatic rings. The second-order valence-corrected chi connectivity index (χ2v) is 32.1. The molecule has 38 heteroatoms. The molecule has 8 bridgehead atoms. The van der Waals surface area contributed by atoms with Crippen LogP contribution in [0.1, 0.15) is 191 Å². The van der Waals surface area contributed by atoms with E-state index < -0.39 is 138 Å². The molecule has 7 heterocycles. The summed E-state index contributed by atoms with van der Waals surface area (Å²) in [5.41, 5.74) is 19.0. The van der Waals surface area contributed by atoms with E-state index in [1.54, 1.807) is 38.1 Å². The third-order valence-electron chi connectivity index (χ3n) is 20.9. The Hall–Kier alpha value is -11.5. The Morgan fingerprint density at radius 1 is 0.720 bits per heavy atom. The molecule has 0 spiro atoms. The number of Topliss-reactive ketones (excluding diaryl/α,β-unsaturated/α-hetero) is 3. The fourth-order valence-electron chi connectivity index (χ4n) is 14.7. The smallest absolute Gasteiger partial charge is 0.426 e. The largest absolute Gasteiger partial charge is 0.480 e. The number of aliphatic carboxylic acids is 2. The number of amides is 6. The first kappa shape index (κ1) is 88.9. The molecule has 0 fully saturated rings. The fraction of sp³-hybridized carbons (Fsp3) is 0.425. The maximum absolute atomic E-state index is 14.8. The number of ketones is 3. The van der Waals surface area contributed by atoms with Crippen LogP contribution in [0.5, 0.6) is 0 Å². The zero-order valence-electron chi connectivity index (χ0n) is 66.0. The number of aromatic amines is 3. The Morgan fingerprint density at radius 3 is 2.07 bits per heavy atom. The van der Waals surface area contributed by atoms with Gasteiger partial charge in [0.1, 0.15) is 36.4 Å². The minimum Gasteiger partial charge on any atom is -0.480 e. The van der Waals surface area contributed by atoms with Gasteiger partial charge < -0.3 is 66.9 Å². The molecular weight excluding hydrogens is 1610 g/mol. The number of aryl methyl sites for hydroxylation is 2. The number of ether oxygens (including phenoxy) is 2. The van der Waals surface area contributed by atoms with Gasteiger partial charge in [0, 0.05) is 160 Å². The van der Waals surface area contributed by atoms with Gasteiger partial charge in [-0.2, -0.15) is 4.98 Å². The summed E-state index contributed by atoms with van der Waals surface area (Å²) in [7, 11) is 3.24. The monoisotopic (exact) mass is 1700 g/mol. The molecule has 9 atom stereocenters. The number of carboxylic acid groups (broad SMARTS) is 2. The van der Waals surface area contributed by atoms with Gasteiger partial charge in [-0.1, -0.05) is 54.5 Å². The summed E-state index contributed by atoms with van der Waals surface area (Å²) in [6.07, 6.45) is -1.17. The average Bonchev–Trinajstić information content (AvgIpc) is 1.58. The van der Waals surface area contributed by atoms with Crippen molar-refractivity contribution in [1.29, 1.82) is 0 Å². The van der Waals surface area contributed by atoms with Crippen molar-refractivity contribution in [2.75, 3.05) is 72.6 Å². The summed E-state index contributed by atoms with van der Waals surface area (Å²) in [6.45, 7) is 13.9. The summed E-state index contributed by atoms with van der Waals surface area (Å²) in [4.78, 5) is 209. The molecule has 2 aromatic carbocycles. The number of H-pyrrole nitrogens is 3. The summed E-state index contributed by atoms with van der Waals surface area (Å²) in [6, 6.07) is 14.4. The lowest BCUT2D eigenvalue weighted by Crippen LogP contribution is -2.53. The van der Waals surface area contributed by atoms with Gasteiger partial charge in [0.25, 0.3) is 17.4 Å². The zero-order chi connectivity index (χ0) is 85.3.